The molecule has 2 amide bonds. The summed E-state index contributed by atoms with van der Waals surface area (Å²) in [6.45, 7) is 5.92. The number of nitrogens with one attached hydrogen (secondary N) is 1. The van der Waals surface area contributed by atoms with Crippen molar-refractivity contribution < 1.29 is 14.7 Å². The standard InChI is InChI=1S/C15H23N3O3/c1-5-10(2)13(14(19)20)17-15(21)18(4)9-12-8-6-7-11(3)16-12/h6-8,10,13H,5,9H2,1-4H3,(H,17,21)(H,19,20)/t10-,13-/m0/s1. The van der Waals surface area contributed by atoms with Gasteiger partial charge >= 0.3 is 12.0 Å². The summed E-state index contributed by atoms with van der Waals surface area (Å²) in [7, 11) is 1.62. The van der Waals surface area contributed by atoms with E-state index in [2.05, 4.69) is 10.3 Å². The summed E-state index contributed by atoms with van der Waals surface area (Å²) < 4.78 is 0. The SMILES string of the molecule is CC[C@H](C)[C@H](NC(=O)N(C)Cc1cccc(C)n1)C(=O)O. The van der Waals surface area contributed by atoms with Crippen molar-refractivity contribution in [2.45, 2.75) is 39.8 Å². The summed E-state index contributed by atoms with van der Waals surface area (Å²) in [5, 5.41) is 11.7. The second-order valence-electron chi connectivity index (χ2n) is 5.28. The van der Waals surface area contributed by atoms with Crippen molar-refractivity contribution in [1.29, 1.82) is 0 Å². The van der Waals surface area contributed by atoms with Gasteiger partial charge in [-0.05, 0) is 25.0 Å². The lowest BCUT2D eigenvalue weighted by molar-refractivity contribution is -0.140. The van der Waals surface area contributed by atoms with E-state index in [9.17, 15) is 14.7 Å². The molecule has 0 aliphatic carbocycles. The smallest absolute Gasteiger partial charge is 0.326 e. The average molecular weight is 293 g/mol. The van der Waals surface area contributed by atoms with E-state index in [4.69, 9.17) is 0 Å². The first kappa shape index (κ1) is 16.9. The van der Waals surface area contributed by atoms with E-state index in [1.807, 2.05) is 32.0 Å². The Labute approximate surface area is 125 Å². The lowest BCUT2D eigenvalue weighted by Crippen LogP contribution is -2.49. The van der Waals surface area contributed by atoms with Gasteiger partial charge in [-0.3, -0.25) is 4.98 Å². The molecule has 2 atom stereocenters. The number of aryl methyl sites for hydroxylation is 1. The number of carbonyl (C=O) groups excluding carboxylic acids is 1. The number of hydrogen-bond donors (Lipinski definition) is 2. The van der Waals surface area contributed by atoms with Crippen LogP contribution in [-0.4, -0.2) is 40.1 Å². The van der Waals surface area contributed by atoms with Gasteiger partial charge in [-0.2, -0.15) is 0 Å². The molecule has 0 radical (unpaired) electrons. The normalized spacial score (nSPS) is 13.3. The average Bonchev–Trinajstić information content (AvgIpc) is 2.43. The molecule has 0 saturated carbocycles. The maximum Gasteiger partial charge on any atom is 0.326 e. The van der Waals surface area contributed by atoms with E-state index >= 15 is 0 Å². The van der Waals surface area contributed by atoms with Crippen LogP contribution in [0.2, 0.25) is 0 Å². The Morgan fingerprint density at radius 3 is 2.62 bits per heavy atom. The molecule has 1 aromatic heterocycles. The van der Waals surface area contributed by atoms with Crippen LogP contribution in [0, 0.1) is 12.8 Å². The van der Waals surface area contributed by atoms with Gasteiger partial charge in [0.1, 0.15) is 6.04 Å². The van der Waals surface area contributed by atoms with Gasteiger partial charge in [0.05, 0.1) is 12.2 Å². The molecule has 2 N–H and O–H groups in total. The molecule has 1 heterocycles. The molecule has 0 aliphatic rings. The van der Waals surface area contributed by atoms with E-state index in [-0.39, 0.29) is 5.92 Å². The molecule has 0 spiro atoms. The number of hydrogen-bond acceptors (Lipinski definition) is 3. The van der Waals surface area contributed by atoms with Crippen LogP contribution in [0.3, 0.4) is 0 Å². The Morgan fingerprint density at radius 2 is 2.10 bits per heavy atom. The van der Waals surface area contributed by atoms with Gasteiger partial charge in [0.25, 0.3) is 0 Å². The number of carbonyl (C=O) groups is 2. The van der Waals surface area contributed by atoms with Gasteiger partial charge in [0.15, 0.2) is 0 Å². The minimum atomic E-state index is -1.01. The Kier molecular flexibility index (Phi) is 6.14. The van der Waals surface area contributed by atoms with Crippen molar-refractivity contribution in [2.24, 2.45) is 5.92 Å². The lowest BCUT2D eigenvalue weighted by atomic mass is 9.99. The van der Waals surface area contributed by atoms with Crippen molar-refractivity contribution in [1.82, 2.24) is 15.2 Å². The first-order valence-corrected chi connectivity index (χ1v) is 7.02. The second-order valence-corrected chi connectivity index (χ2v) is 5.28. The third-order valence-electron chi connectivity index (χ3n) is 3.45. The fraction of sp³-hybridized carbons (Fsp3) is 0.533. The molecule has 0 bridgehead atoms. The van der Waals surface area contributed by atoms with Gasteiger partial charge < -0.3 is 15.3 Å². The Balaban J connectivity index is 2.67. The first-order chi connectivity index (χ1) is 9.85. The predicted octanol–water partition coefficient (Wildman–Crippen LogP) is 2.03. The van der Waals surface area contributed by atoms with Crippen LogP contribution in [-0.2, 0) is 11.3 Å². The molecule has 0 fully saturated rings. The minimum Gasteiger partial charge on any atom is -0.480 e. The van der Waals surface area contributed by atoms with Crippen LogP contribution in [0.25, 0.3) is 0 Å². The molecule has 21 heavy (non-hydrogen) atoms. The first-order valence-electron chi connectivity index (χ1n) is 7.02. The highest BCUT2D eigenvalue weighted by molar-refractivity contribution is 5.82. The number of urea groups is 1. The summed E-state index contributed by atoms with van der Waals surface area (Å²) in [6.07, 6.45) is 0.681. The number of aromatic nitrogens is 1. The van der Waals surface area contributed by atoms with Crippen LogP contribution in [0.1, 0.15) is 31.7 Å². The number of nitrogens with zero attached hydrogens (tertiary/aromatic N) is 2. The molecule has 0 saturated heterocycles. The molecular weight excluding hydrogens is 270 g/mol. The highest BCUT2D eigenvalue weighted by Crippen LogP contribution is 2.09. The van der Waals surface area contributed by atoms with Crippen molar-refractivity contribution >= 4 is 12.0 Å². The maximum absolute atomic E-state index is 12.1. The molecule has 6 nitrogen and oxygen atoms in total. The molecule has 6 heteroatoms. The number of pyridine rings is 1. The fourth-order valence-corrected chi connectivity index (χ4v) is 1.93. The largest absolute Gasteiger partial charge is 0.480 e. The van der Waals surface area contributed by atoms with E-state index in [0.717, 1.165) is 11.4 Å². The van der Waals surface area contributed by atoms with Crippen molar-refractivity contribution in [3.63, 3.8) is 0 Å². The maximum atomic E-state index is 12.1. The van der Waals surface area contributed by atoms with Gasteiger partial charge in [0.2, 0.25) is 0 Å². The quantitative estimate of drug-likeness (QED) is 0.840. The molecule has 1 rings (SSSR count). The van der Waals surface area contributed by atoms with Crippen molar-refractivity contribution in [2.75, 3.05) is 7.05 Å². The van der Waals surface area contributed by atoms with Crippen LogP contribution >= 0.6 is 0 Å². The Bertz CT molecular complexity index is 505. The van der Waals surface area contributed by atoms with Gasteiger partial charge in [-0.25, -0.2) is 9.59 Å². The van der Waals surface area contributed by atoms with Crippen LogP contribution in [0.5, 0.6) is 0 Å². The number of carboxylic acid groups (broad SMARTS) is 1. The van der Waals surface area contributed by atoms with E-state index in [1.165, 1.54) is 4.90 Å². The topological polar surface area (TPSA) is 82.5 Å². The lowest BCUT2D eigenvalue weighted by Gasteiger charge is -2.24. The zero-order valence-electron chi connectivity index (χ0n) is 13.0. The summed E-state index contributed by atoms with van der Waals surface area (Å²) >= 11 is 0. The monoisotopic (exact) mass is 293 g/mol. The zero-order chi connectivity index (χ0) is 16.0. The second kappa shape index (κ2) is 7.61. The Hall–Kier alpha value is -2.11. The van der Waals surface area contributed by atoms with Gasteiger partial charge in [0, 0.05) is 12.7 Å². The highest BCUT2D eigenvalue weighted by Gasteiger charge is 2.26. The van der Waals surface area contributed by atoms with Crippen LogP contribution in [0.4, 0.5) is 4.79 Å². The molecule has 0 unspecified atom stereocenters. The third-order valence-corrected chi connectivity index (χ3v) is 3.45. The Morgan fingerprint density at radius 1 is 1.43 bits per heavy atom. The molecule has 0 aliphatic heterocycles. The minimum absolute atomic E-state index is 0.128. The molecule has 1 aromatic rings. The predicted molar refractivity (Wildman–Crippen MR) is 79.9 cm³/mol. The highest BCUT2D eigenvalue weighted by atomic mass is 16.4. The van der Waals surface area contributed by atoms with Crippen molar-refractivity contribution in [3.8, 4) is 0 Å². The summed E-state index contributed by atoms with van der Waals surface area (Å²) in [5.41, 5.74) is 1.65. The van der Waals surface area contributed by atoms with E-state index < -0.39 is 18.0 Å². The fourth-order valence-electron chi connectivity index (χ4n) is 1.93. The molecular formula is C15H23N3O3. The zero-order valence-corrected chi connectivity index (χ0v) is 13.0. The summed E-state index contributed by atoms with van der Waals surface area (Å²) in [6, 6.07) is 4.30. The third kappa shape index (κ3) is 5.06. The van der Waals surface area contributed by atoms with E-state index in [0.29, 0.717) is 13.0 Å². The van der Waals surface area contributed by atoms with Gasteiger partial charge in [-0.15, -0.1) is 0 Å². The number of carboxylic acids is 1. The van der Waals surface area contributed by atoms with Crippen LogP contribution in [0.15, 0.2) is 18.2 Å². The van der Waals surface area contributed by atoms with E-state index in [1.54, 1.807) is 14.0 Å². The molecule has 116 valence electrons. The number of amides is 2. The van der Waals surface area contributed by atoms with Gasteiger partial charge in [-0.1, -0.05) is 26.3 Å². The molecule has 0 aromatic carbocycles. The number of aliphatic carboxylic acids is 1. The summed E-state index contributed by atoms with van der Waals surface area (Å²) in [4.78, 5) is 29.1. The summed E-state index contributed by atoms with van der Waals surface area (Å²) in [5.74, 6) is -1.14. The van der Waals surface area contributed by atoms with Crippen LogP contribution < -0.4 is 5.32 Å². The van der Waals surface area contributed by atoms with Crippen molar-refractivity contribution in [3.05, 3.63) is 29.6 Å². The number of rotatable bonds is 6.